The van der Waals surface area contributed by atoms with Crippen molar-refractivity contribution in [1.29, 1.82) is 5.26 Å². The standard InChI is InChI=1S/C16H12N6/c1-8-19-15-11(6-14(18)22-16(15)20-8)13-5-10-4-9(7-17)2-3-12(10)21-13/h2-6,21H,1H3,(H3,18,19,20,22). The van der Waals surface area contributed by atoms with Crippen molar-refractivity contribution >= 4 is 27.9 Å². The van der Waals surface area contributed by atoms with Crippen molar-refractivity contribution in [3.63, 3.8) is 0 Å². The summed E-state index contributed by atoms with van der Waals surface area (Å²) in [6.07, 6.45) is 0. The number of fused-ring (bicyclic) bond motifs is 2. The lowest BCUT2D eigenvalue weighted by atomic mass is 10.1. The van der Waals surface area contributed by atoms with Gasteiger partial charge < -0.3 is 15.7 Å². The van der Waals surface area contributed by atoms with E-state index in [1.165, 1.54) is 0 Å². The smallest absolute Gasteiger partial charge is 0.160 e. The molecule has 0 aliphatic rings. The maximum absolute atomic E-state index is 9.00. The fourth-order valence-electron chi connectivity index (χ4n) is 2.68. The van der Waals surface area contributed by atoms with Crippen LogP contribution in [0.4, 0.5) is 5.82 Å². The second kappa shape index (κ2) is 4.33. The van der Waals surface area contributed by atoms with Crippen LogP contribution in [0.2, 0.25) is 0 Å². The molecule has 0 amide bonds. The molecule has 4 rings (SSSR count). The van der Waals surface area contributed by atoms with Crippen molar-refractivity contribution in [1.82, 2.24) is 19.9 Å². The van der Waals surface area contributed by atoms with Crippen molar-refractivity contribution in [2.45, 2.75) is 6.92 Å². The number of aromatic nitrogens is 4. The van der Waals surface area contributed by atoms with Gasteiger partial charge in [0, 0.05) is 22.2 Å². The average molecular weight is 288 g/mol. The Morgan fingerprint density at radius 2 is 2.00 bits per heavy atom. The number of benzene rings is 1. The molecule has 0 atom stereocenters. The third kappa shape index (κ3) is 1.80. The van der Waals surface area contributed by atoms with Crippen molar-refractivity contribution in [2.24, 2.45) is 0 Å². The van der Waals surface area contributed by atoms with Gasteiger partial charge in [0.1, 0.15) is 17.2 Å². The van der Waals surface area contributed by atoms with Crippen molar-refractivity contribution in [3.8, 4) is 17.3 Å². The van der Waals surface area contributed by atoms with E-state index in [2.05, 4.69) is 26.0 Å². The molecule has 1 aromatic carbocycles. The van der Waals surface area contributed by atoms with Crippen LogP contribution in [-0.4, -0.2) is 19.9 Å². The van der Waals surface area contributed by atoms with E-state index in [1.807, 2.05) is 25.1 Å². The molecule has 3 aromatic heterocycles. The van der Waals surface area contributed by atoms with Gasteiger partial charge in [-0.05, 0) is 37.3 Å². The van der Waals surface area contributed by atoms with E-state index >= 15 is 0 Å². The van der Waals surface area contributed by atoms with E-state index < -0.39 is 0 Å². The van der Waals surface area contributed by atoms with Gasteiger partial charge in [0.15, 0.2) is 5.65 Å². The molecule has 4 N–H and O–H groups in total. The zero-order chi connectivity index (χ0) is 15.3. The molecule has 4 aromatic rings. The lowest BCUT2D eigenvalue weighted by molar-refractivity contribution is 1.16. The number of aromatic amines is 2. The molecule has 6 nitrogen and oxygen atoms in total. The number of pyridine rings is 1. The van der Waals surface area contributed by atoms with Crippen LogP contribution >= 0.6 is 0 Å². The number of nitrogens with one attached hydrogen (secondary N) is 2. The predicted octanol–water partition coefficient (Wildman–Crippen LogP) is 2.87. The number of imidazole rings is 1. The zero-order valence-electron chi connectivity index (χ0n) is 11.8. The molecule has 0 aliphatic heterocycles. The van der Waals surface area contributed by atoms with Gasteiger partial charge in [-0.3, -0.25) is 0 Å². The Hall–Kier alpha value is -3.33. The summed E-state index contributed by atoms with van der Waals surface area (Å²) in [6, 6.07) is 11.5. The van der Waals surface area contributed by atoms with Crippen LogP contribution in [0.3, 0.4) is 0 Å². The molecule has 0 bridgehead atoms. The van der Waals surface area contributed by atoms with Crippen LogP contribution in [0.1, 0.15) is 11.4 Å². The fourth-order valence-corrected chi connectivity index (χ4v) is 2.68. The Kier molecular flexibility index (Phi) is 2.44. The van der Waals surface area contributed by atoms with Crippen LogP contribution in [-0.2, 0) is 0 Å². The summed E-state index contributed by atoms with van der Waals surface area (Å²) in [7, 11) is 0. The number of H-pyrrole nitrogens is 2. The first-order valence-corrected chi connectivity index (χ1v) is 6.80. The summed E-state index contributed by atoms with van der Waals surface area (Å²) in [4.78, 5) is 15.2. The maximum atomic E-state index is 9.00. The Morgan fingerprint density at radius 1 is 1.14 bits per heavy atom. The number of rotatable bonds is 1. The number of nitrogen functional groups attached to an aromatic ring is 1. The molecule has 106 valence electrons. The quantitative estimate of drug-likeness (QED) is 0.500. The number of nitrogens with zero attached hydrogens (tertiary/aromatic N) is 3. The number of aryl methyl sites for hydroxylation is 1. The van der Waals surface area contributed by atoms with Crippen LogP contribution in [0.15, 0.2) is 30.3 Å². The van der Waals surface area contributed by atoms with Gasteiger partial charge in [0.05, 0.1) is 11.6 Å². The van der Waals surface area contributed by atoms with Gasteiger partial charge in [-0.25, -0.2) is 9.97 Å². The minimum atomic E-state index is 0.433. The van der Waals surface area contributed by atoms with E-state index in [1.54, 1.807) is 12.1 Å². The molecule has 0 saturated heterocycles. The third-order valence-corrected chi connectivity index (χ3v) is 3.63. The average Bonchev–Trinajstić information content (AvgIpc) is 3.07. The van der Waals surface area contributed by atoms with Crippen molar-refractivity contribution in [2.75, 3.05) is 5.73 Å². The van der Waals surface area contributed by atoms with Gasteiger partial charge >= 0.3 is 0 Å². The minimum Gasteiger partial charge on any atom is -0.384 e. The number of hydrogen-bond donors (Lipinski definition) is 3. The number of nitrogens with two attached hydrogens (primary N) is 1. The summed E-state index contributed by atoms with van der Waals surface area (Å²) in [5.74, 6) is 1.22. The Morgan fingerprint density at radius 3 is 2.82 bits per heavy atom. The minimum absolute atomic E-state index is 0.433. The van der Waals surface area contributed by atoms with E-state index in [4.69, 9.17) is 11.0 Å². The monoisotopic (exact) mass is 288 g/mol. The van der Waals surface area contributed by atoms with E-state index in [9.17, 15) is 0 Å². The highest BCUT2D eigenvalue weighted by molar-refractivity contribution is 5.95. The molecule has 6 heteroatoms. The van der Waals surface area contributed by atoms with Gasteiger partial charge in [-0.2, -0.15) is 5.26 Å². The second-order valence-corrected chi connectivity index (χ2v) is 5.21. The fraction of sp³-hybridized carbons (Fsp3) is 0.0625. The Labute approximate surface area is 125 Å². The van der Waals surface area contributed by atoms with Crippen LogP contribution in [0, 0.1) is 18.3 Å². The van der Waals surface area contributed by atoms with Crippen molar-refractivity contribution < 1.29 is 0 Å². The number of anilines is 1. The Bertz CT molecular complexity index is 1060. The first kappa shape index (κ1) is 12.4. The summed E-state index contributed by atoms with van der Waals surface area (Å²) in [6.45, 7) is 1.88. The van der Waals surface area contributed by atoms with E-state index in [-0.39, 0.29) is 0 Å². The highest BCUT2D eigenvalue weighted by Gasteiger charge is 2.13. The number of hydrogen-bond acceptors (Lipinski definition) is 4. The zero-order valence-corrected chi connectivity index (χ0v) is 11.8. The SMILES string of the molecule is Cc1nc2c(-c3cc4cc(C#N)ccc4[nH]3)cc(N)nc2[nH]1. The van der Waals surface area contributed by atoms with Gasteiger partial charge in [-0.15, -0.1) is 0 Å². The topological polar surface area (TPSA) is 107 Å². The first-order chi connectivity index (χ1) is 10.6. The Balaban J connectivity index is 2.00. The highest BCUT2D eigenvalue weighted by Crippen LogP contribution is 2.30. The maximum Gasteiger partial charge on any atom is 0.160 e. The summed E-state index contributed by atoms with van der Waals surface area (Å²) in [5.41, 5.74) is 10.7. The summed E-state index contributed by atoms with van der Waals surface area (Å²) in [5, 5.41) is 9.98. The number of nitriles is 1. The summed E-state index contributed by atoms with van der Waals surface area (Å²) < 4.78 is 0. The van der Waals surface area contributed by atoms with Gasteiger partial charge in [-0.1, -0.05) is 0 Å². The second-order valence-electron chi connectivity index (χ2n) is 5.21. The molecular weight excluding hydrogens is 276 g/mol. The molecule has 0 fully saturated rings. The highest BCUT2D eigenvalue weighted by atomic mass is 15.0. The molecule has 0 unspecified atom stereocenters. The predicted molar refractivity (Wildman–Crippen MR) is 85.0 cm³/mol. The molecule has 22 heavy (non-hydrogen) atoms. The molecule has 0 spiro atoms. The molecule has 0 aliphatic carbocycles. The molecule has 0 radical (unpaired) electrons. The lowest BCUT2D eigenvalue weighted by Crippen LogP contribution is -1.92. The largest absolute Gasteiger partial charge is 0.384 e. The van der Waals surface area contributed by atoms with Crippen LogP contribution < -0.4 is 5.73 Å². The first-order valence-electron chi connectivity index (χ1n) is 6.80. The lowest BCUT2D eigenvalue weighted by Gasteiger charge is -2.01. The normalized spacial score (nSPS) is 11.1. The van der Waals surface area contributed by atoms with E-state index in [0.29, 0.717) is 17.0 Å². The third-order valence-electron chi connectivity index (χ3n) is 3.63. The summed E-state index contributed by atoms with van der Waals surface area (Å²) >= 11 is 0. The molecule has 3 heterocycles. The molecule has 0 saturated carbocycles. The van der Waals surface area contributed by atoms with E-state index in [0.717, 1.165) is 33.5 Å². The van der Waals surface area contributed by atoms with Crippen LogP contribution in [0.25, 0.3) is 33.3 Å². The van der Waals surface area contributed by atoms with Gasteiger partial charge in [0.2, 0.25) is 0 Å². The molecular formula is C16H12N6. The van der Waals surface area contributed by atoms with Gasteiger partial charge in [0.25, 0.3) is 0 Å². The van der Waals surface area contributed by atoms with Crippen molar-refractivity contribution in [3.05, 3.63) is 41.7 Å². The van der Waals surface area contributed by atoms with Crippen LogP contribution in [0.5, 0.6) is 0 Å².